The highest BCUT2D eigenvalue weighted by Gasteiger charge is 2.41. The molecule has 0 fully saturated rings. The van der Waals surface area contributed by atoms with Gasteiger partial charge in [0.1, 0.15) is 11.8 Å². The molecule has 1 aliphatic heterocycles. The van der Waals surface area contributed by atoms with E-state index in [-0.39, 0.29) is 31.4 Å². The second-order valence-corrected chi connectivity index (χ2v) is 7.84. The lowest BCUT2D eigenvalue weighted by Crippen LogP contribution is -2.31. The molecule has 1 aliphatic rings. The Morgan fingerprint density at radius 1 is 1.09 bits per heavy atom. The fraction of sp³-hybridized carbons (Fsp3) is 0.200. The quantitative estimate of drug-likeness (QED) is 0.421. The highest BCUT2D eigenvalue weighted by Crippen LogP contribution is 2.37. The lowest BCUT2D eigenvalue weighted by Gasteiger charge is -2.15. The summed E-state index contributed by atoms with van der Waals surface area (Å²) < 4.78 is 12.2. The van der Waals surface area contributed by atoms with Crippen LogP contribution in [0.4, 0.5) is 11.6 Å². The van der Waals surface area contributed by atoms with Crippen LogP contribution in [0.15, 0.2) is 71.3 Å². The van der Waals surface area contributed by atoms with Gasteiger partial charge in [-0.3, -0.25) is 19.1 Å². The van der Waals surface area contributed by atoms with Crippen molar-refractivity contribution < 1.29 is 23.5 Å². The van der Waals surface area contributed by atoms with E-state index in [0.29, 0.717) is 23.0 Å². The molecule has 5 rings (SSSR count). The summed E-state index contributed by atoms with van der Waals surface area (Å²) >= 11 is 0. The molecule has 0 aliphatic carbocycles. The van der Waals surface area contributed by atoms with Crippen LogP contribution in [0.5, 0.6) is 0 Å². The van der Waals surface area contributed by atoms with Crippen LogP contribution in [0.2, 0.25) is 0 Å². The van der Waals surface area contributed by atoms with E-state index in [1.54, 1.807) is 54.5 Å². The first kappa shape index (κ1) is 21.4. The number of amides is 2. The van der Waals surface area contributed by atoms with E-state index in [0.717, 1.165) is 11.0 Å². The van der Waals surface area contributed by atoms with Crippen molar-refractivity contribution in [3.05, 3.63) is 78.3 Å². The molecule has 2 amide bonds. The summed E-state index contributed by atoms with van der Waals surface area (Å²) in [5.74, 6) is 0.134. The number of para-hydroxylation sites is 2. The third-order valence-electron chi connectivity index (χ3n) is 5.63. The summed E-state index contributed by atoms with van der Waals surface area (Å²) in [5.41, 5.74) is 2.44. The van der Waals surface area contributed by atoms with Crippen molar-refractivity contribution >= 4 is 40.5 Å². The van der Waals surface area contributed by atoms with Crippen LogP contribution in [0.1, 0.15) is 35.5 Å². The number of ether oxygens (including phenoxy) is 1. The van der Waals surface area contributed by atoms with E-state index in [1.807, 2.05) is 28.8 Å². The predicted octanol–water partition coefficient (Wildman–Crippen LogP) is 3.92. The zero-order valence-electron chi connectivity index (χ0n) is 18.4. The van der Waals surface area contributed by atoms with Crippen molar-refractivity contribution in [1.29, 1.82) is 0 Å². The second-order valence-electron chi connectivity index (χ2n) is 7.84. The molecule has 0 spiro atoms. The van der Waals surface area contributed by atoms with Crippen LogP contribution in [0.25, 0.3) is 11.0 Å². The number of nitrogens with zero attached hydrogens (tertiary/aromatic N) is 3. The number of carbonyl (C=O) groups is 3. The van der Waals surface area contributed by atoms with Gasteiger partial charge >= 0.3 is 5.97 Å². The minimum absolute atomic E-state index is 0.0690. The van der Waals surface area contributed by atoms with Gasteiger partial charge in [0.2, 0.25) is 11.9 Å². The van der Waals surface area contributed by atoms with Gasteiger partial charge < -0.3 is 14.5 Å². The predicted molar refractivity (Wildman–Crippen MR) is 124 cm³/mol. The van der Waals surface area contributed by atoms with Gasteiger partial charge in [-0.15, -0.1) is 0 Å². The van der Waals surface area contributed by atoms with E-state index in [2.05, 4.69) is 10.3 Å². The average molecular weight is 458 g/mol. The molecule has 4 aromatic rings. The monoisotopic (exact) mass is 458 g/mol. The molecule has 0 saturated carbocycles. The average Bonchev–Trinajstić information content (AvgIpc) is 3.54. The third kappa shape index (κ3) is 3.92. The normalized spacial score (nSPS) is 14.9. The van der Waals surface area contributed by atoms with Gasteiger partial charge in [-0.2, -0.15) is 0 Å². The summed E-state index contributed by atoms with van der Waals surface area (Å²) in [7, 11) is 0. The number of carbonyl (C=O) groups excluding carboxylic acids is 3. The Labute approximate surface area is 194 Å². The molecule has 9 nitrogen and oxygen atoms in total. The Balaban J connectivity index is 1.37. The number of hydrogen-bond donors (Lipinski definition) is 1. The first-order valence-electron chi connectivity index (χ1n) is 10.9. The molecule has 9 heteroatoms. The third-order valence-corrected chi connectivity index (χ3v) is 5.63. The molecule has 0 radical (unpaired) electrons. The largest absolute Gasteiger partial charge is 0.467 e. The van der Waals surface area contributed by atoms with E-state index in [1.165, 1.54) is 0 Å². The maximum atomic E-state index is 13.4. The van der Waals surface area contributed by atoms with Gasteiger partial charge in [0.15, 0.2) is 0 Å². The highest BCUT2D eigenvalue weighted by molar-refractivity contribution is 6.05. The minimum atomic E-state index is -0.740. The maximum Gasteiger partial charge on any atom is 0.338 e. The van der Waals surface area contributed by atoms with E-state index < -0.39 is 12.0 Å². The number of aromatic nitrogens is 2. The van der Waals surface area contributed by atoms with Gasteiger partial charge in [0.25, 0.3) is 5.91 Å². The summed E-state index contributed by atoms with van der Waals surface area (Å²) in [6.45, 7) is 2.25. The van der Waals surface area contributed by atoms with Crippen LogP contribution in [-0.2, 0) is 20.9 Å². The number of hydrogen-bond acceptors (Lipinski definition) is 6. The molecule has 1 unspecified atom stereocenters. The molecule has 1 atom stereocenters. The first-order valence-corrected chi connectivity index (χ1v) is 10.9. The number of benzene rings is 2. The summed E-state index contributed by atoms with van der Waals surface area (Å²) in [6, 6.07) is 16.7. The fourth-order valence-corrected chi connectivity index (χ4v) is 4.10. The van der Waals surface area contributed by atoms with Crippen molar-refractivity contribution in [2.24, 2.45) is 0 Å². The number of esters is 1. The van der Waals surface area contributed by atoms with Crippen LogP contribution in [0.3, 0.4) is 0 Å². The van der Waals surface area contributed by atoms with E-state index in [9.17, 15) is 14.4 Å². The summed E-state index contributed by atoms with van der Waals surface area (Å²) in [5, 5.41) is 2.80. The molecule has 1 N–H and O–H groups in total. The number of nitrogens with one attached hydrogen (secondary N) is 1. The van der Waals surface area contributed by atoms with Gasteiger partial charge in [-0.1, -0.05) is 12.1 Å². The van der Waals surface area contributed by atoms with Gasteiger partial charge in [-0.05, 0) is 55.5 Å². The van der Waals surface area contributed by atoms with Crippen molar-refractivity contribution in [2.75, 3.05) is 16.8 Å². The standard InChI is InChI=1S/C25H22N4O5/c1-2-33-24(32)16-9-11-17(12-10-16)26-22(30)14-21-23(31)28(15-18-6-5-13-34-18)25-27-19-7-3-4-8-20(19)29(21)25/h3-13,21H,2,14-15H2,1H3,(H,26,30). The molecule has 0 bridgehead atoms. The number of furan rings is 1. The minimum Gasteiger partial charge on any atom is -0.467 e. The number of fused-ring (bicyclic) bond motifs is 3. The zero-order valence-corrected chi connectivity index (χ0v) is 18.4. The molecule has 34 heavy (non-hydrogen) atoms. The Morgan fingerprint density at radius 2 is 1.88 bits per heavy atom. The van der Waals surface area contributed by atoms with E-state index in [4.69, 9.17) is 9.15 Å². The van der Waals surface area contributed by atoms with Crippen molar-refractivity contribution in [2.45, 2.75) is 25.9 Å². The van der Waals surface area contributed by atoms with E-state index >= 15 is 0 Å². The van der Waals surface area contributed by atoms with Crippen LogP contribution < -0.4 is 10.2 Å². The SMILES string of the molecule is CCOC(=O)c1ccc(NC(=O)CC2C(=O)N(Cc3ccco3)c3nc4ccccc4n32)cc1. The molecular formula is C25H22N4O5. The Morgan fingerprint density at radius 3 is 2.62 bits per heavy atom. The Kier molecular flexibility index (Phi) is 5.59. The fourth-order valence-electron chi connectivity index (χ4n) is 4.10. The molecular weight excluding hydrogens is 436 g/mol. The lowest BCUT2D eigenvalue weighted by molar-refractivity contribution is -0.124. The lowest BCUT2D eigenvalue weighted by atomic mass is 10.1. The Hall–Kier alpha value is -4.40. The number of rotatable bonds is 7. The van der Waals surface area contributed by atoms with Gasteiger partial charge in [-0.25, -0.2) is 9.78 Å². The highest BCUT2D eigenvalue weighted by atomic mass is 16.5. The van der Waals surface area contributed by atoms with Crippen molar-refractivity contribution in [1.82, 2.24) is 9.55 Å². The molecule has 0 saturated heterocycles. The molecule has 2 aromatic heterocycles. The van der Waals surface area contributed by atoms with Crippen LogP contribution in [-0.4, -0.2) is 33.9 Å². The zero-order chi connectivity index (χ0) is 23.7. The van der Waals surface area contributed by atoms with Crippen molar-refractivity contribution in [3.8, 4) is 0 Å². The van der Waals surface area contributed by atoms with Crippen molar-refractivity contribution in [3.63, 3.8) is 0 Å². The Bertz CT molecular complexity index is 1360. The van der Waals surface area contributed by atoms with Crippen LogP contribution >= 0.6 is 0 Å². The molecule has 172 valence electrons. The maximum absolute atomic E-state index is 13.4. The molecule has 3 heterocycles. The molecule has 2 aromatic carbocycles. The second kappa shape index (κ2) is 8.86. The van der Waals surface area contributed by atoms with Gasteiger partial charge in [0, 0.05) is 5.69 Å². The van der Waals surface area contributed by atoms with Crippen LogP contribution in [0, 0.1) is 0 Å². The number of imidazole rings is 1. The summed E-state index contributed by atoms with van der Waals surface area (Å²) in [6.07, 6.45) is 1.48. The topological polar surface area (TPSA) is 107 Å². The van der Waals surface area contributed by atoms with Gasteiger partial charge in [0.05, 0.1) is 42.4 Å². The number of anilines is 2. The summed E-state index contributed by atoms with van der Waals surface area (Å²) in [4.78, 5) is 44.3. The smallest absolute Gasteiger partial charge is 0.338 e. The first-order chi connectivity index (χ1) is 16.5.